The molecule has 0 aliphatic carbocycles. The summed E-state index contributed by atoms with van der Waals surface area (Å²) in [7, 11) is 6.10. The SMILES string of the molecule is COc1ccc(C)cc1C(C1CCCNC1)N(C)C. The van der Waals surface area contributed by atoms with Crippen molar-refractivity contribution in [3.8, 4) is 5.75 Å². The third-order valence-corrected chi connectivity index (χ3v) is 4.04. The van der Waals surface area contributed by atoms with Crippen LogP contribution in [0.15, 0.2) is 18.2 Å². The molecule has 106 valence electrons. The lowest BCUT2D eigenvalue weighted by Crippen LogP contribution is -2.38. The van der Waals surface area contributed by atoms with Crippen LogP contribution in [0.2, 0.25) is 0 Å². The zero-order valence-corrected chi connectivity index (χ0v) is 12.6. The summed E-state index contributed by atoms with van der Waals surface area (Å²) in [5, 5.41) is 3.52. The number of aryl methyl sites for hydroxylation is 1. The maximum Gasteiger partial charge on any atom is 0.123 e. The fourth-order valence-electron chi connectivity index (χ4n) is 3.19. The van der Waals surface area contributed by atoms with E-state index in [1.807, 2.05) is 0 Å². The van der Waals surface area contributed by atoms with Gasteiger partial charge in [0.1, 0.15) is 5.75 Å². The Morgan fingerprint density at radius 3 is 2.74 bits per heavy atom. The van der Waals surface area contributed by atoms with Gasteiger partial charge in [-0.1, -0.05) is 17.7 Å². The first-order chi connectivity index (χ1) is 9.13. The summed E-state index contributed by atoms with van der Waals surface area (Å²) >= 11 is 0. The van der Waals surface area contributed by atoms with Gasteiger partial charge >= 0.3 is 0 Å². The molecule has 1 aliphatic heterocycles. The zero-order valence-electron chi connectivity index (χ0n) is 12.6. The van der Waals surface area contributed by atoms with Crippen molar-refractivity contribution in [2.24, 2.45) is 5.92 Å². The number of piperidine rings is 1. The van der Waals surface area contributed by atoms with E-state index in [-0.39, 0.29) is 0 Å². The molecule has 2 unspecified atom stereocenters. The van der Waals surface area contributed by atoms with Crippen LogP contribution in [0.5, 0.6) is 5.75 Å². The van der Waals surface area contributed by atoms with Gasteiger partial charge in [0.2, 0.25) is 0 Å². The standard InChI is InChI=1S/C16H26N2O/c1-12-7-8-15(19-4)14(10-12)16(18(2)3)13-6-5-9-17-11-13/h7-8,10,13,16-17H,5-6,9,11H2,1-4H3. The Kier molecular flexibility index (Phi) is 4.83. The van der Waals surface area contributed by atoms with E-state index in [1.54, 1.807) is 7.11 Å². The van der Waals surface area contributed by atoms with Crippen molar-refractivity contribution in [3.63, 3.8) is 0 Å². The molecule has 1 aromatic carbocycles. The molecule has 1 aromatic rings. The summed E-state index contributed by atoms with van der Waals surface area (Å²) < 4.78 is 5.58. The van der Waals surface area contributed by atoms with Gasteiger partial charge in [0, 0.05) is 11.6 Å². The topological polar surface area (TPSA) is 24.5 Å². The van der Waals surface area contributed by atoms with Crippen molar-refractivity contribution < 1.29 is 4.74 Å². The summed E-state index contributed by atoms with van der Waals surface area (Å²) in [6.07, 6.45) is 2.55. The molecule has 1 fully saturated rings. The predicted octanol–water partition coefficient (Wildman–Crippen LogP) is 2.61. The van der Waals surface area contributed by atoms with E-state index in [1.165, 1.54) is 24.0 Å². The quantitative estimate of drug-likeness (QED) is 0.902. The van der Waals surface area contributed by atoms with Crippen LogP contribution < -0.4 is 10.1 Å². The summed E-state index contributed by atoms with van der Waals surface area (Å²) in [6.45, 7) is 4.40. The number of rotatable bonds is 4. The molecule has 0 bridgehead atoms. The lowest BCUT2D eigenvalue weighted by atomic mass is 9.85. The minimum Gasteiger partial charge on any atom is -0.496 e. The second-order valence-corrected chi connectivity index (χ2v) is 5.76. The van der Waals surface area contributed by atoms with Gasteiger partial charge in [-0.25, -0.2) is 0 Å². The van der Waals surface area contributed by atoms with Crippen LogP contribution in [-0.4, -0.2) is 39.2 Å². The van der Waals surface area contributed by atoms with Crippen LogP contribution in [0.3, 0.4) is 0 Å². The third-order valence-electron chi connectivity index (χ3n) is 4.04. The Hall–Kier alpha value is -1.06. The lowest BCUT2D eigenvalue weighted by molar-refractivity contribution is 0.177. The predicted molar refractivity (Wildman–Crippen MR) is 79.8 cm³/mol. The lowest BCUT2D eigenvalue weighted by Gasteiger charge is -2.36. The van der Waals surface area contributed by atoms with Crippen molar-refractivity contribution in [2.75, 3.05) is 34.3 Å². The average Bonchev–Trinajstić information content (AvgIpc) is 2.40. The molecule has 0 radical (unpaired) electrons. The van der Waals surface area contributed by atoms with E-state index in [9.17, 15) is 0 Å². The number of hydrogen-bond acceptors (Lipinski definition) is 3. The Bertz CT molecular complexity index is 411. The third kappa shape index (κ3) is 3.28. The van der Waals surface area contributed by atoms with Gasteiger partial charge in [-0.2, -0.15) is 0 Å². The van der Waals surface area contributed by atoms with Crippen molar-refractivity contribution in [1.82, 2.24) is 10.2 Å². The molecule has 1 N–H and O–H groups in total. The van der Waals surface area contributed by atoms with E-state index in [4.69, 9.17) is 4.74 Å². The molecule has 2 rings (SSSR count). The van der Waals surface area contributed by atoms with Gasteiger partial charge in [-0.05, 0) is 58.9 Å². The summed E-state index contributed by atoms with van der Waals surface area (Å²) in [5.74, 6) is 1.66. The number of nitrogens with one attached hydrogen (secondary N) is 1. The molecular formula is C16H26N2O. The highest BCUT2D eigenvalue weighted by Crippen LogP contribution is 2.36. The fraction of sp³-hybridized carbons (Fsp3) is 0.625. The largest absolute Gasteiger partial charge is 0.496 e. The van der Waals surface area contributed by atoms with E-state index >= 15 is 0 Å². The maximum absolute atomic E-state index is 5.58. The molecular weight excluding hydrogens is 236 g/mol. The van der Waals surface area contributed by atoms with Crippen molar-refractivity contribution >= 4 is 0 Å². The smallest absolute Gasteiger partial charge is 0.123 e. The highest BCUT2D eigenvalue weighted by atomic mass is 16.5. The van der Waals surface area contributed by atoms with Crippen LogP contribution in [0.1, 0.15) is 30.0 Å². The first-order valence-corrected chi connectivity index (χ1v) is 7.15. The highest BCUT2D eigenvalue weighted by Gasteiger charge is 2.28. The average molecular weight is 262 g/mol. The van der Waals surface area contributed by atoms with E-state index < -0.39 is 0 Å². The minimum atomic E-state index is 0.419. The summed E-state index contributed by atoms with van der Waals surface area (Å²) in [4.78, 5) is 2.33. The van der Waals surface area contributed by atoms with E-state index in [0.717, 1.165) is 18.8 Å². The molecule has 1 saturated heterocycles. The summed E-state index contributed by atoms with van der Waals surface area (Å²) in [5.41, 5.74) is 2.62. The van der Waals surface area contributed by atoms with Crippen molar-refractivity contribution in [1.29, 1.82) is 0 Å². The van der Waals surface area contributed by atoms with E-state index in [2.05, 4.69) is 49.4 Å². The molecule has 3 nitrogen and oxygen atoms in total. The number of ether oxygens (including phenoxy) is 1. The fourth-order valence-corrected chi connectivity index (χ4v) is 3.19. The molecule has 1 heterocycles. The van der Waals surface area contributed by atoms with Crippen LogP contribution >= 0.6 is 0 Å². The Labute approximate surface area is 116 Å². The van der Waals surface area contributed by atoms with Gasteiger partial charge in [-0.3, -0.25) is 0 Å². The molecule has 0 spiro atoms. The molecule has 1 aliphatic rings. The second-order valence-electron chi connectivity index (χ2n) is 5.76. The zero-order chi connectivity index (χ0) is 13.8. The molecule has 0 saturated carbocycles. The monoisotopic (exact) mass is 262 g/mol. The minimum absolute atomic E-state index is 0.419. The van der Waals surface area contributed by atoms with Crippen molar-refractivity contribution in [3.05, 3.63) is 29.3 Å². The van der Waals surface area contributed by atoms with Gasteiger partial charge in [0.15, 0.2) is 0 Å². The second kappa shape index (κ2) is 6.40. The van der Waals surface area contributed by atoms with Gasteiger partial charge in [0.05, 0.1) is 7.11 Å². The van der Waals surface area contributed by atoms with Gasteiger partial charge in [0.25, 0.3) is 0 Å². The molecule has 0 aromatic heterocycles. The summed E-state index contributed by atoms with van der Waals surface area (Å²) in [6, 6.07) is 6.91. The normalized spacial score (nSPS) is 21.4. The van der Waals surface area contributed by atoms with Crippen LogP contribution in [-0.2, 0) is 0 Å². The molecule has 19 heavy (non-hydrogen) atoms. The number of benzene rings is 1. The van der Waals surface area contributed by atoms with Gasteiger partial charge in [-0.15, -0.1) is 0 Å². The number of hydrogen-bond donors (Lipinski definition) is 1. The highest BCUT2D eigenvalue weighted by molar-refractivity contribution is 5.39. The molecule has 0 amide bonds. The Balaban J connectivity index is 2.34. The van der Waals surface area contributed by atoms with Crippen LogP contribution in [0.4, 0.5) is 0 Å². The van der Waals surface area contributed by atoms with Crippen LogP contribution in [0, 0.1) is 12.8 Å². The van der Waals surface area contributed by atoms with Gasteiger partial charge < -0.3 is 15.0 Å². The Morgan fingerprint density at radius 1 is 1.37 bits per heavy atom. The first-order valence-electron chi connectivity index (χ1n) is 7.15. The first kappa shape index (κ1) is 14.4. The number of methoxy groups -OCH3 is 1. The molecule has 3 heteroatoms. The maximum atomic E-state index is 5.58. The Morgan fingerprint density at radius 2 is 2.16 bits per heavy atom. The van der Waals surface area contributed by atoms with E-state index in [0.29, 0.717) is 12.0 Å². The number of nitrogens with zero attached hydrogens (tertiary/aromatic N) is 1. The molecule has 2 atom stereocenters. The van der Waals surface area contributed by atoms with Crippen molar-refractivity contribution in [2.45, 2.75) is 25.8 Å². The van der Waals surface area contributed by atoms with Crippen LogP contribution in [0.25, 0.3) is 0 Å².